The van der Waals surface area contributed by atoms with Crippen LogP contribution in [0.1, 0.15) is 35.5 Å². The van der Waals surface area contributed by atoms with E-state index >= 15 is 0 Å². The van der Waals surface area contributed by atoms with Gasteiger partial charge in [-0.2, -0.15) is 5.26 Å². The molecule has 140 valence electrons. The molecule has 0 radical (unpaired) electrons. The van der Waals surface area contributed by atoms with Crippen molar-refractivity contribution in [2.45, 2.75) is 26.4 Å². The smallest absolute Gasteiger partial charge is 0.276 e. The zero-order valence-corrected chi connectivity index (χ0v) is 15.8. The van der Waals surface area contributed by atoms with Gasteiger partial charge in [0, 0.05) is 18.3 Å². The monoisotopic (exact) mass is 371 g/mol. The van der Waals surface area contributed by atoms with E-state index in [0.717, 1.165) is 0 Å². The molecule has 1 heterocycles. The Labute approximate surface area is 164 Å². The van der Waals surface area contributed by atoms with Gasteiger partial charge in [-0.15, -0.1) is 10.2 Å². The average Bonchev–Trinajstić information content (AvgIpc) is 2.73. The summed E-state index contributed by atoms with van der Waals surface area (Å²) in [5.41, 5.74) is 2.55. The summed E-state index contributed by atoms with van der Waals surface area (Å²) in [7, 11) is 0. The molecule has 3 rings (SSSR count). The highest BCUT2D eigenvalue weighted by atomic mass is 16.1. The number of carbonyl (C=O) groups is 1. The van der Waals surface area contributed by atoms with Crippen molar-refractivity contribution < 1.29 is 4.79 Å². The minimum absolute atomic E-state index is 0.229. The third-order valence-corrected chi connectivity index (χ3v) is 4.27. The lowest BCUT2D eigenvalue weighted by Gasteiger charge is -2.27. The van der Waals surface area contributed by atoms with Crippen molar-refractivity contribution in [2.24, 2.45) is 0 Å². The van der Waals surface area contributed by atoms with E-state index in [-0.39, 0.29) is 17.6 Å². The Morgan fingerprint density at radius 3 is 2.32 bits per heavy atom. The SMILES string of the molecule is CC(C)N(Cc1ccccc1)c1ccc(C(=O)Nc2ccc(C#N)cc2)nn1. The van der Waals surface area contributed by atoms with E-state index in [1.807, 2.05) is 30.3 Å². The Kier molecular flexibility index (Phi) is 5.97. The lowest BCUT2D eigenvalue weighted by molar-refractivity contribution is 0.102. The summed E-state index contributed by atoms with van der Waals surface area (Å²) < 4.78 is 0. The molecule has 6 heteroatoms. The van der Waals surface area contributed by atoms with Crippen LogP contribution in [0.2, 0.25) is 0 Å². The van der Waals surface area contributed by atoms with Crippen molar-refractivity contribution in [3.05, 3.63) is 83.6 Å². The average molecular weight is 371 g/mol. The van der Waals surface area contributed by atoms with Gasteiger partial charge in [-0.3, -0.25) is 4.79 Å². The first kappa shape index (κ1) is 19.1. The van der Waals surface area contributed by atoms with Crippen LogP contribution in [0.4, 0.5) is 11.5 Å². The Hall–Kier alpha value is -3.72. The van der Waals surface area contributed by atoms with Crippen LogP contribution in [0.15, 0.2) is 66.7 Å². The van der Waals surface area contributed by atoms with Crippen molar-refractivity contribution in [2.75, 3.05) is 10.2 Å². The molecule has 0 bridgehead atoms. The number of anilines is 2. The van der Waals surface area contributed by atoms with Crippen molar-refractivity contribution in [3.8, 4) is 6.07 Å². The molecule has 1 aromatic heterocycles. The molecule has 3 aromatic rings. The summed E-state index contributed by atoms with van der Waals surface area (Å²) >= 11 is 0. The van der Waals surface area contributed by atoms with Gasteiger partial charge < -0.3 is 10.2 Å². The van der Waals surface area contributed by atoms with Gasteiger partial charge in [0.05, 0.1) is 11.6 Å². The third-order valence-electron chi connectivity index (χ3n) is 4.27. The summed E-state index contributed by atoms with van der Waals surface area (Å²) in [6.07, 6.45) is 0. The maximum absolute atomic E-state index is 12.4. The highest BCUT2D eigenvalue weighted by Crippen LogP contribution is 2.18. The van der Waals surface area contributed by atoms with E-state index in [2.05, 4.69) is 46.4 Å². The van der Waals surface area contributed by atoms with E-state index in [9.17, 15) is 4.79 Å². The van der Waals surface area contributed by atoms with Gasteiger partial charge in [0.25, 0.3) is 5.91 Å². The van der Waals surface area contributed by atoms with Crippen LogP contribution in [0.5, 0.6) is 0 Å². The minimum Gasteiger partial charge on any atom is -0.348 e. The van der Waals surface area contributed by atoms with Crippen molar-refractivity contribution >= 4 is 17.4 Å². The number of nitrogens with one attached hydrogen (secondary N) is 1. The van der Waals surface area contributed by atoms with Gasteiger partial charge in [-0.1, -0.05) is 30.3 Å². The fourth-order valence-electron chi connectivity index (χ4n) is 2.73. The minimum atomic E-state index is -0.345. The van der Waals surface area contributed by atoms with Crippen LogP contribution in [-0.2, 0) is 6.54 Å². The van der Waals surface area contributed by atoms with Crippen LogP contribution >= 0.6 is 0 Å². The first-order valence-corrected chi connectivity index (χ1v) is 9.02. The van der Waals surface area contributed by atoms with E-state index in [1.54, 1.807) is 30.3 Å². The summed E-state index contributed by atoms with van der Waals surface area (Å²) in [6, 6.07) is 22.6. The summed E-state index contributed by atoms with van der Waals surface area (Å²) in [5, 5.41) is 19.9. The predicted molar refractivity (Wildman–Crippen MR) is 109 cm³/mol. The molecule has 0 spiro atoms. The van der Waals surface area contributed by atoms with Crippen molar-refractivity contribution in [1.82, 2.24) is 10.2 Å². The van der Waals surface area contributed by atoms with Gasteiger partial charge in [-0.05, 0) is 55.8 Å². The fourth-order valence-corrected chi connectivity index (χ4v) is 2.73. The highest BCUT2D eigenvalue weighted by molar-refractivity contribution is 6.02. The normalized spacial score (nSPS) is 10.4. The molecule has 28 heavy (non-hydrogen) atoms. The molecule has 1 N–H and O–H groups in total. The zero-order valence-electron chi connectivity index (χ0n) is 15.8. The van der Waals surface area contributed by atoms with E-state index in [0.29, 0.717) is 23.6 Å². The van der Waals surface area contributed by atoms with Crippen molar-refractivity contribution in [1.29, 1.82) is 5.26 Å². The number of amides is 1. The van der Waals surface area contributed by atoms with Crippen molar-refractivity contribution in [3.63, 3.8) is 0 Å². The molecule has 0 saturated heterocycles. The second kappa shape index (κ2) is 8.78. The largest absolute Gasteiger partial charge is 0.348 e. The van der Waals surface area contributed by atoms with Crippen LogP contribution in [0.25, 0.3) is 0 Å². The molecular weight excluding hydrogens is 350 g/mol. The lowest BCUT2D eigenvalue weighted by atomic mass is 10.2. The molecule has 0 aliphatic carbocycles. The van der Waals surface area contributed by atoms with Crippen LogP contribution in [0.3, 0.4) is 0 Å². The van der Waals surface area contributed by atoms with E-state index in [4.69, 9.17) is 5.26 Å². The standard InChI is InChI=1S/C22H21N5O/c1-16(2)27(15-18-6-4-3-5-7-18)21-13-12-20(25-26-21)22(28)24-19-10-8-17(14-23)9-11-19/h3-13,16H,15H2,1-2H3,(H,24,28). The third kappa shape index (κ3) is 4.71. The van der Waals surface area contributed by atoms with E-state index in [1.165, 1.54) is 5.56 Å². The number of aromatic nitrogens is 2. The number of rotatable bonds is 6. The Morgan fingerprint density at radius 1 is 1.04 bits per heavy atom. The van der Waals surface area contributed by atoms with Gasteiger partial charge in [0.2, 0.25) is 0 Å². The summed E-state index contributed by atoms with van der Waals surface area (Å²) in [5.74, 6) is 0.372. The number of hydrogen-bond acceptors (Lipinski definition) is 5. The second-order valence-electron chi connectivity index (χ2n) is 6.63. The molecule has 6 nitrogen and oxygen atoms in total. The van der Waals surface area contributed by atoms with Gasteiger partial charge in [0.15, 0.2) is 11.5 Å². The maximum atomic E-state index is 12.4. The molecule has 0 unspecified atom stereocenters. The van der Waals surface area contributed by atoms with Gasteiger partial charge in [0.1, 0.15) is 0 Å². The number of benzene rings is 2. The van der Waals surface area contributed by atoms with E-state index < -0.39 is 0 Å². The zero-order chi connectivity index (χ0) is 19.9. The van der Waals surface area contributed by atoms with Gasteiger partial charge in [-0.25, -0.2) is 0 Å². The molecule has 1 amide bonds. The summed E-state index contributed by atoms with van der Waals surface area (Å²) in [4.78, 5) is 14.5. The lowest BCUT2D eigenvalue weighted by Crippen LogP contribution is -2.31. The number of carbonyl (C=O) groups excluding carboxylic acids is 1. The first-order chi connectivity index (χ1) is 13.6. The highest BCUT2D eigenvalue weighted by Gasteiger charge is 2.15. The quantitative estimate of drug-likeness (QED) is 0.708. The molecule has 0 aliphatic heterocycles. The number of hydrogen-bond donors (Lipinski definition) is 1. The topological polar surface area (TPSA) is 81.9 Å². The maximum Gasteiger partial charge on any atom is 0.276 e. The molecule has 0 fully saturated rings. The first-order valence-electron chi connectivity index (χ1n) is 9.02. The Morgan fingerprint density at radius 2 is 1.75 bits per heavy atom. The molecular formula is C22H21N5O. The fraction of sp³-hybridized carbons (Fsp3) is 0.182. The Balaban J connectivity index is 1.71. The van der Waals surface area contributed by atoms with Crippen LogP contribution < -0.4 is 10.2 Å². The van der Waals surface area contributed by atoms with Gasteiger partial charge >= 0.3 is 0 Å². The molecule has 0 aliphatic rings. The number of nitrogens with zero attached hydrogens (tertiary/aromatic N) is 4. The number of nitriles is 1. The summed E-state index contributed by atoms with van der Waals surface area (Å²) in [6.45, 7) is 4.90. The molecule has 0 saturated carbocycles. The molecule has 0 atom stereocenters. The van der Waals surface area contributed by atoms with Crippen LogP contribution in [0, 0.1) is 11.3 Å². The Bertz CT molecular complexity index is 961. The van der Waals surface area contributed by atoms with Crippen LogP contribution in [-0.4, -0.2) is 22.1 Å². The predicted octanol–water partition coefficient (Wildman–Crippen LogP) is 4.02. The molecule has 2 aromatic carbocycles. The second-order valence-corrected chi connectivity index (χ2v) is 6.63.